The fraction of sp³-hybridized carbons (Fsp3) is 0.409. The molecule has 0 spiro atoms. The van der Waals surface area contributed by atoms with Crippen LogP contribution in [0, 0.1) is 5.82 Å². The van der Waals surface area contributed by atoms with Crippen molar-refractivity contribution >= 4 is 36.7 Å². The first-order valence-electron chi connectivity index (χ1n) is 18.7. The standard InChI is InChI=1S/C44H56FN3O6Si/c1-31(54-55(44(8,9)10,34-20-14-11-15-21-34)35-22-16-12-17-23-35)38(49)25-19-13-18-24-36(47-40(50)52-42(2,3)4)39-46-37(32-26-28-33(45)29-27-32)30-48(39)41(51)53-43(5,6)7/h11-18,20-23,26-31,36H,19,24-25H2,1-10H3,(H,47,50)/b18-13+/t31?,36-/m0/s1. The van der Waals surface area contributed by atoms with Crippen LogP contribution in [0.5, 0.6) is 0 Å². The van der Waals surface area contributed by atoms with E-state index < -0.39 is 49.7 Å². The lowest BCUT2D eigenvalue weighted by Crippen LogP contribution is -2.68. The van der Waals surface area contributed by atoms with E-state index in [0.29, 0.717) is 17.7 Å². The van der Waals surface area contributed by atoms with Gasteiger partial charge in [0.2, 0.25) is 0 Å². The van der Waals surface area contributed by atoms with Crippen LogP contribution in [0.1, 0.15) is 100 Å². The average Bonchev–Trinajstić information content (AvgIpc) is 3.54. The predicted octanol–water partition coefficient (Wildman–Crippen LogP) is 9.30. The molecule has 0 bridgehead atoms. The van der Waals surface area contributed by atoms with Gasteiger partial charge in [-0.3, -0.25) is 4.79 Å². The van der Waals surface area contributed by atoms with Crippen molar-refractivity contribution in [3.05, 3.63) is 115 Å². The molecule has 1 heterocycles. The Kier molecular flexibility index (Phi) is 13.8. The number of benzene rings is 3. The number of halogens is 1. The van der Waals surface area contributed by atoms with Gasteiger partial charge in [-0.05, 0) is 101 Å². The molecule has 11 heteroatoms. The monoisotopic (exact) mass is 769 g/mol. The van der Waals surface area contributed by atoms with E-state index in [0.717, 1.165) is 10.4 Å². The van der Waals surface area contributed by atoms with Crippen LogP contribution in [0.25, 0.3) is 11.3 Å². The molecule has 55 heavy (non-hydrogen) atoms. The van der Waals surface area contributed by atoms with Crippen LogP contribution in [0.4, 0.5) is 14.0 Å². The lowest BCUT2D eigenvalue weighted by Gasteiger charge is -2.44. The van der Waals surface area contributed by atoms with Crippen molar-refractivity contribution in [1.29, 1.82) is 0 Å². The summed E-state index contributed by atoms with van der Waals surface area (Å²) in [4.78, 5) is 45.0. The minimum Gasteiger partial charge on any atom is -0.444 e. The van der Waals surface area contributed by atoms with Gasteiger partial charge in [0, 0.05) is 18.2 Å². The topological polar surface area (TPSA) is 109 Å². The van der Waals surface area contributed by atoms with Gasteiger partial charge in [0.05, 0.1) is 11.7 Å². The summed E-state index contributed by atoms with van der Waals surface area (Å²) in [7, 11) is -2.93. The molecule has 0 radical (unpaired) electrons. The molecule has 0 saturated carbocycles. The van der Waals surface area contributed by atoms with E-state index >= 15 is 0 Å². The lowest BCUT2D eigenvalue weighted by atomic mass is 10.1. The Balaban J connectivity index is 1.57. The van der Waals surface area contributed by atoms with Gasteiger partial charge in [-0.25, -0.2) is 23.5 Å². The molecule has 0 aliphatic rings. The van der Waals surface area contributed by atoms with E-state index in [1.165, 1.54) is 22.9 Å². The average molecular weight is 770 g/mol. The van der Waals surface area contributed by atoms with E-state index in [-0.39, 0.29) is 29.5 Å². The fourth-order valence-corrected chi connectivity index (χ4v) is 11.0. The number of hydrogen-bond donors (Lipinski definition) is 1. The molecule has 0 aliphatic heterocycles. The highest BCUT2D eigenvalue weighted by Gasteiger charge is 2.51. The van der Waals surface area contributed by atoms with E-state index in [4.69, 9.17) is 18.9 Å². The second-order valence-electron chi connectivity index (χ2n) is 16.7. The summed E-state index contributed by atoms with van der Waals surface area (Å²) in [6.45, 7) is 18.9. The molecule has 1 amide bonds. The van der Waals surface area contributed by atoms with Gasteiger partial charge in [-0.15, -0.1) is 0 Å². The third-order valence-corrected chi connectivity index (χ3v) is 13.9. The lowest BCUT2D eigenvalue weighted by molar-refractivity contribution is -0.125. The summed E-state index contributed by atoms with van der Waals surface area (Å²) in [5, 5.41) is 4.79. The van der Waals surface area contributed by atoms with Gasteiger partial charge < -0.3 is 19.2 Å². The highest BCUT2D eigenvalue weighted by atomic mass is 28.4. The summed E-state index contributed by atoms with van der Waals surface area (Å²) in [6.07, 6.45) is 4.05. The molecule has 0 fully saturated rings. The minimum absolute atomic E-state index is 0.0227. The van der Waals surface area contributed by atoms with Crippen LogP contribution >= 0.6 is 0 Å². The first kappa shape index (κ1) is 42.9. The number of Topliss-reactive ketones (excluding diaryl/α,β-unsaturated/α-hetero) is 1. The summed E-state index contributed by atoms with van der Waals surface area (Å²) < 4.78 is 33.3. The molecule has 2 atom stereocenters. The molecular formula is C44H56FN3O6Si. The number of carbonyl (C=O) groups is 3. The van der Waals surface area contributed by atoms with Crippen molar-refractivity contribution in [3.8, 4) is 11.3 Å². The number of hydrogen-bond acceptors (Lipinski definition) is 7. The van der Waals surface area contributed by atoms with Gasteiger partial charge in [-0.1, -0.05) is 93.6 Å². The third kappa shape index (κ3) is 11.6. The Hall–Kier alpha value is -4.87. The summed E-state index contributed by atoms with van der Waals surface area (Å²) >= 11 is 0. The van der Waals surface area contributed by atoms with Crippen LogP contribution in [0.3, 0.4) is 0 Å². The summed E-state index contributed by atoms with van der Waals surface area (Å²) in [5.41, 5.74) is -0.628. The molecule has 9 nitrogen and oxygen atoms in total. The molecule has 4 aromatic rings. The highest BCUT2D eigenvalue weighted by Crippen LogP contribution is 2.37. The van der Waals surface area contributed by atoms with Crippen molar-refractivity contribution in [2.75, 3.05) is 0 Å². The first-order valence-corrected chi connectivity index (χ1v) is 20.7. The van der Waals surface area contributed by atoms with Crippen LogP contribution < -0.4 is 15.7 Å². The van der Waals surface area contributed by atoms with Gasteiger partial charge in [0.15, 0.2) is 5.78 Å². The number of carbonyl (C=O) groups excluding carboxylic acids is 3. The van der Waals surface area contributed by atoms with E-state index in [2.05, 4.69) is 50.4 Å². The Bertz CT molecular complexity index is 1880. The SMILES string of the molecule is CC(O[Si](c1ccccc1)(c1ccccc1)C(C)(C)C)C(=O)CC/C=C/C[C@H](NC(=O)OC(C)(C)C)c1nc(-c2ccc(F)cc2)cn1C(=O)OC(C)(C)C. The molecule has 294 valence electrons. The van der Waals surface area contributed by atoms with Gasteiger partial charge in [0.25, 0.3) is 8.32 Å². The zero-order chi connectivity index (χ0) is 40.6. The predicted molar refractivity (Wildman–Crippen MR) is 218 cm³/mol. The Morgan fingerprint density at radius 3 is 1.85 bits per heavy atom. The smallest absolute Gasteiger partial charge is 0.420 e. The second-order valence-corrected chi connectivity index (χ2v) is 20.9. The number of nitrogens with zero attached hydrogens (tertiary/aromatic N) is 2. The maximum atomic E-state index is 13.8. The Morgan fingerprint density at radius 2 is 1.35 bits per heavy atom. The Labute approximate surface area is 326 Å². The molecule has 0 aliphatic carbocycles. The summed E-state index contributed by atoms with van der Waals surface area (Å²) in [6, 6.07) is 25.3. The molecule has 3 aromatic carbocycles. The maximum absolute atomic E-state index is 13.8. The minimum atomic E-state index is -2.93. The zero-order valence-electron chi connectivity index (χ0n) is 33.8. The number of ether oxygens (including phenoxy) is 2. The maximum Gasteiger partial charge on any atom is 0.420 e. The molecular weight excluding hydrogens is 714 g/mol. The quantitative estimate of drug-likeness (QED) is 0.107. The molecule has 1 unspecified atom stereocenters. The first-order chi connectivity index (χ1) is 25.7. The van der Waals surface area contributed by atoms with Crippen molar-refractivity contribution in [2.45, 2.75) is 117 Å². The number of allylic oxidation sites excluding steroid dienone is 1. The normalized spacial score (nSPS) is 13.7. The highest BCUT2D eigenvalue weighted by molar-refractivity contribution is 6.99. The van der Waals surface area contributed by atoms with E-state index in [1.54, 1.807) is 53.7 Å². The number of rotatable bonds is 13. The largest absolute Gasteiger partial charge is 0.444 e. The number of aromatic nitrogens is 2. The van der Waals surface area contributed by atoms with Crippen molar-refractivity contribution < 1.29 is 32.7 Å². The fourth-order valence-electron chi connectivity index (χ4n) is 6.34. The molecule has 0 saturated heterocycles. The number of ketones is 1. The van der Waals surface area contributed by atoms with Crippen LogP contribution in [0.2, 0.25) is 5.04 Å². The number of imidazole rings is 1. The van der Waals surface area contributed by atoms with E-state index in [1.807, 2.05) is 55.5 Å². The van der Waals surface area contributed by atoms with Crippen molar-refractivity contribution in [3.63, 3.8) is 0 Å². The zero-order valence-corrected chi connectivity index (χ0v) is 34.8. The summed E-state index contributed by atoms with van der Waals surface area (Å²) in [5.74, 6) is -0.231. The second kappa shape index (κ2) is 17.7. The number of alkyl carbamates (subject to hydrolysis) is 1. The third-order valence-electron chi connectivity index (χ3n) is 8.79. The van der Waals surface area contributed by atoms with Crippen LogP contribution in [-0.2, 0) is 18.7 Å². The van der Waals surface area contributed by atoms with Crippen molar-refractivity contribution in [2.24, 2.45) is 0 Å². The molecule has 1 aromatic heterocycles. The number of nitrogens with one attached hydrogen (secondary N) is 1. The van der Waals surface area contributed by atoms with Crippen molar-refractivity contribution in [1.82, 2.24) is 14.9 Å². The van der Waals surface area contributed by atoms with E-state index in [9.17, 15) is 18.8 Å². The molecule has 1 N–H and O–H groups in total. The van der Waals surface area contributed by atoms with Crippen LogP contribution in [0.15, 0.2) is 103 Å². The number of amides is 1. The molecule has 4 rings (SSSR count). The van der Waals surface area contributed by atoms with Gasteiger partial charge in [0.1, 0.15) is 28.9 Å². The van der Waals surface area contributed by atoms with Gasteiger partial charge in [-0.2, -0.15) is 0 Å². The van der Waals surface area contributed by atoms with Gasteiger partial charge >= 0.3 is 12.2 Å². The van der Waals surface area contributed by atoms with Crippen LogP contribution in [-0.4, -0.2) is 53.1 Å². The Morgan fingerprint density at radius 1 is 0.800 bits per heavy atom.